The number of Topliss-reactive ketones (excluding diaryl/α,β-unsaturated/α-hetero) is 1. The van der Waals surface area contributed by atoms with Gasteiger partial charge in [0, 0.05) is 5.70 Å². The van der Waals surface area contributed by atoms with Crippen LogP contribution in [0.15, 0.2) is 11.8 Å². The van der Waals surface area contributed by atoms with Crippen molar-refractivity contribution < 1.29 is 19.1 Å². The Bertz CT molecular complexity index is 373. The largest absolute Gasteiger partial charge is 0.465 e. The molecule has 1 atom stereocenters. The minimum atomic E-state index is -1.35. The van der Waals surface area contributed by atoms with Gasteiger partial charge in [0.15, 0.2) is 11.7 Å². The van der Waals surface area contributed by atoms with Gasteiger partial charge in [-0.15, -0.1) is 0 Å². The maximum absolute atomic E-state index is 11.9. The van der Waals surface area contributed by atoms with Crippen molar-refractivity contribution in [2.75, 3.05) is 6.61 Å². The molecule has 0 aromatic heterocycles. The lowest BCUT2D eigenvalue weighted by Gasteiger charge is -2.17. The molecule has 1 aliphatic carbocycles. The molecular weight excluding hydrogens is 234 g/mol. The van der Waals surface area contributed by atoms with Gasteiger partial charge in [-0.25, -0.2) is 0 Å². The molecule has 1 N–H and O–H groups in total. The standard InChI is InChI=1S/C13H19NO4/c1-3-18-13(17)11(9(2)15)12(16)14-10-7-5-4-6-8-10/h7,11H,3-6,8H2,1-2H3,(H,14,16). The summed E-state index contributed by atoms with van der Waals surface area (Å²) < 4.78 is 4.74. The third-order valence-corrected chi connectivity index (χ3v) is 2.77. The van der Waals surface area contributed by atoms with Gasteiger partial charge in [0.25, 0.3) is 0 Å². The van der Waals surface area contributed by atoms with Crippen molar-refractivity contribution >= 4 is 17.7 Å². The summed E-state index contributed by atoms with van der Waals surface area (Å²) in [6.07, 6.45) is 5.74. The quantitative estimate of drug-likeness (QED) is 0.592. The molecule has 0 radical (unpaired) electrons. The van der Waals surface area contributed by atoms with Crippen molar-refractivity contribution in [2.45, 2.75) is 39.5 Å². The molecule has 1 rings (SSSR count). The SMILES string of the molecule is CCOC(=O)C(C(C)=O)C(=O)NC1=CCCCC1. The molecule has 0 fully saturated rings. The van der Waals surface area contributed by atoms with Crippen molar-refractivity contribution in [1.29, 1.82) is 0 Å². The van der Waals surface area contributed by atoms with E-state index >= 15 is 0 Å². The molecule has 0 aromatic rings. The molecule has 100 valence electrons. The monoisotopic (exact) mass is 253 g/mol. The molecule has 1 unspecified atom stereocenters. The second-order valence-corrected chi connectivity index (χ2v) is 4.26. The number of amides is 1. The molecule has 0 aliphatic heterocycles. The van der Waals surface area contributed by atoms with E-state index in [9.17, 15) is 14.4 Å². The van der Waals surface area contributed by atoms with Crippen molar-refractivity contribution in [3.8, 4) is 0 Å². The zero-order valence-electron chi connectivity index (χ0n) is 10.8. The first-order valence-electron chi connectivity index (χ1n) is 6.23. The number of ketones is 1. The smallest absolute Gasteiger partial charge is 0.326 e. The van der Waals surface area contributed by atoms with E-state index in [1.54, 1.807) is 6.92 Å². The van der Waals surface area contributed by atoms with Gasteiger partial charge < -0.3 is 10.1 Å². The normalized spacial score (nSPS) is 16.4. The molecule has 1 aliphatic rings. The van der Waals surface area contributed by atoms with Crippen molar-refractivity contribution in [3.63, 3.8) is 0 Å². The summed E-state index contributed by atoms with van der Waals surface area (Å²) in [4.78, 5) is 34.8. The number of carbonyl (C=O) groups excluding carboxylic acids is 3. The molecule has 0 heterocycles. The first kappa shape index (κ1) is 14.4. The predicted octanol–water partition coefficient (Wildman–Crippen LogP) is 1.33. The third kappa shape index (κ3) is 3.98. The summed E-state index contributed by atoms with van der Waals surface area (Å²) in [7, 11) is 0. The lowest BCUT2D eigenvalue weighted by Crippen LogP contribution is -2.40. The zero-order valence-corrected chi connectivity index (χ0v) is 10.8. The van der Waals surface area contributed by atoms with Gasteiger partial charge in [0.2, 0.25) is 5.91 Å². The minimum absolute atomic E-state index is 0.151. The van der Waals surface area contributed by atoms with Gasteiger partial charge in [0.05, 0.1) is 6.61 Å². The second-order valence-electron chi connectivity index (χ2n) is 4.26. The Balaban J connectivity index is 2.67. The van der Waals surface area contributed by atoms with Crippen LogP contribution in [-0.4, -0.2) is 24.3 Å². The zero-order chi connectivity index (χ0) is 13.5. The lowest BCUT2D eigenvalue weighted by molar-refractivity contribution is -0.154. The molecule has 0 spiro atoms. The second kappa shape index (κ2) is 6.93. The van der Waals surface area contributed by atoms with Crippen LogP contribution in [0.2, 0.25) is 0 Å². The summed E-state index contributed by atoms with van der Waals surface area (Å²) in [5.74, 6) is -3.22. The molecule has 0 saturated carbocycles. The summed E-state index contributed by atoms with van der Waals surface area (Å²) in [6, 6.07) is 0. The van der Waals surface area contributed by atoms with E-state index in [2.05, 4.69) is 5.32 Å². The Morgan fingerprint density at radius 2 is 2.11 bits per heavy atom. The van der Waals surface area contributed by atoms with E-state index in [1.807, 2.05) is 6.08 Å². The van der Waals surface area contributed by atoms with Crippen molar-refractivity contribution in [3.05, 3.63) is 11.8 Å². The Labute approximate surface area is 107 Å². The predicted molar refractivity (Wildman–Crippen MR) is 65.5 cm³/mol. The highest BCUT2D eigenvalue weighted by molar-refractivity contribution is 6.16. The number of nitrogens with one attached hydrogen (secondary N) is 1. The van der Waals surface area contributed by atoms with E-state index in [0.29, 0.717) is 0 Å². The van der Waals surface area contributed by atoms with Crippen LogP contribution in [0.1, 0.15) is 39.5 Å². The summed E-state index contributed by atoms with van der Waals surface area (Å²) in [5, 5.41) is 2.64. The van der Waals surface area contributed by atoms with Crippen molar-refractivity contribution in [1.82, 2.24) is 5.32 Å². The van der Waals surface area contributed by atoms with E-state index in [4.69, 9.17) is 4.74 Å². The Hall–Kier alpha value is -1.65. The number of carbonyl (C=O) groups is 3. The number of esters is 1. The van der Waals surface area contributed by atoms with Crippen LogP contribution in [0, 0.1) is 5.92 Å². The molecule has 0 saturated heterocycles. The van der Waals surface area contributed by atoms with Gasteiger partial charge in [0.1, 0.15) is 0 Å². The Morgan fingerprint density at radius 1 is 1.39 bits per heavy atom. The molecule has 1 amide bonds. The molecule has 5 nitrogen and oxygen atoms in total. The molecule has 0 bridgehead atoms. The topological polar surface area (TPSA) is 72.5 Å². The average Bonchev–Trinajstić information content (AvgIpc) is 2.30. The summed E-state index contributed by atoms with van der Waals surface area (Å²) in [5.41, 5.74) is 0.793. The van der Waals surface area contributed by atoms with Crippen LogP contribution >= 0.6 is 0 Å². The first-order valence-corrected chi connectivity index (χ1v) is 6.23. The Morgan fingerprint density at radius 3 is 2.61 bits per heavy atom. The van der Waals surface area contributed by atoms with Gasteiger partial charge in [-0.3, -0.25) is 14.4 Å². The van der Waals surface area contributed by atoms with Crippen LogP contribution in [-0.2, 0) is 19.1 Å². The van der Waals surface area contributed by atoms with E-state index < -0.39 is 23.6 Å². The highest BCUT2D eigenvalue weighted by atomic mass is 16.5. The van der Waals surface area contributed by atoms with E-state index in [1.165, 1.54) is 6.92 Å². The van der Waals surface area contributed by atoms with Crippen LogP contribution < -0.4 is 5.32 Å². The fourth-order valence-corrected chi connectivity index (χ4v) is 1.87. The fourth-order valence-electron chi connectivity index (χ4n) is 1.87. The number of ether oxygens (including phenoxy) is 1. The summed E-state index contributed by atoms with van der Waals surface area (Å²) in [6.45, 7) is 3.01. The Kier molecular flexibility index (Phi) is 5.55. The highest BCUT2D eigenvalue weighted by Gasteiger charge is 2.32. The number of allylic oxidation sites excluding steroid dienone is 2. The number of rotatable bonds is 5. The van der Waals surface area contributed by atoms with E-state index in [0.717, 1.165) is 31.4 Å². The third-order valence-electron chi connectivity index (χ3n) is 2.77. The van der Waals surface area contributed by atoms with Gasteiger partial charge >= 0.3 is 5.97 Å². The van der Waals surface area contributed by atoms with E-state index in [-0.39, 0.29) is 6.61 Å². The maximum atomic E-state index is 11.9. The number of hydrogen-bond acceptors (Lipinski definition) is 4. The van der Waals surface area contributed by atoms with Crippen LogP contribution in [0.25, 0.3) is 0 Å². The number of hydrogen-bond donors (Lipinski definition) is 1. The lowest BCUT2D eigenvalue weighted by atomic mass is 10.0. The van der Waals surface area contributed by atoms with Crippen LogP contribution in [0.5, 0.6) is 0 Å². The highest BCUT2D eigenvalue weighted by Crippen LogP contribution is 2.15. The van der Waals surface area contributed by atoms with Gasteiger partial charge in [-0.1, -0.05) is 6.08 Å². The first-order chi connectivity index (χ1) is 8.56. The molecule has 0 aromatic carbocycles. The average molecular weight is 253 g/mol. The van der Waals surface area contributed by atoms with Crippen LogP contribution in [0.3, 0.4) is 0 Å². The fraction of sp³-hybridized carbons (Fsp3) is 0.615. The van der Waals surface area contributed by atoms with Gasteiger partial charge in [-0.2, -0.15) is 0 Å². The van der Waals surface area contributed by atoms with Crippen LogP contribution in [0.4, 0.5) is 0 Å². The minimum Gasteiger partial charge on any atom is -0.465 e. The van der Waals surface area contributed by atoms with Crippen molar-refractivity contribution in [2.24, 2.45) is 5.92 Å². The summed E-state index contributed by atoms with van der Waals surface area (Å²) >= 11 is 0. The maximum Gasteiger partial charge on any atom is 0.326 e. The molecular formula is C13H19NO4. The molecule has 18 heavy (non-hydrogen) atoms. The molecule has 5 heteroatoms. The van der Waals surface area contributed by atoms with Gasteiger partial charge in [-0.05, 0) is 39.5 Å².